The molecule has 0 heterocycles. The van der Waals surface area contributed by atoms with Crippen LogP contribution >= 0.6 is 0 Å². The molecule has 0 bridgehead atoms. The average molecular weight is 159 g/mol. The SMILES string of the molecule is N=N[C@@H](CCC(N)=O)C(=O)O. The van der Waals surface area contributed by atoms with Crippen molar-refractivity contribution < 1.29 is 14.7 Å². The van der Waals surface area contributed by atoms with Gasteiger partial charge in [-0.2, -0.15) is 5.11 Å². The summed E-state index contributed by atoms with van der Waals surface area (Å²) in [4.78, 5) is 20.3. The van der Waals surface area contributed by atoms with Crippen LogP contribution in [0.1, 0.15) is 12.8 Å². The van der Waals surface area contributed by atoms with Crippen molar-refractivity contribution >= 4 is 11.9 Å². The van der Waals surface area contributed by atoms with Crippen LogP contribution in [-0.2, 0) is 9.59 Å². The lowest BCUT2D eigenvalue weighted by Crippen LogP contribution is -2.20. The van der Waals surface area contributed by atoms with Crippen molar-refractivity contribution in [3.05, 3.63) is 0 Å². The molecule has 0 aromatic carbocycles. The van der Waals surface area contributed by atoms with Crippen LogP contribution in [0.4, 0.5) is 0 Å². The number of nitrogens with one attached hydrogen (secondary N) is 1. The van der Waals surface area contributed by atoms with Gasteiger partial charge in [0.15, 0.2) is 6.04 Å². The third-order valence-corrected chi connectivity index (χ3v) is 1.11. The summed E-state index contributed by atoms with van der Waals surface area (Å²) in [5.74, 6) is -1.79. The monoisotopic (exact) mass is 159 g/mol. The molecule has 1 amide bonds. The Bertz CT molecular complexity index is 180. The second-order valence-corrected chi connectivity index (χ2v) is 1.99. The van der Waals surface area contributed by atoms with Crippen LogP contribution in [0.2, 0.25) is 0 Å². The quantitative estimate of drug-likeness (QED) is 0.479. The number of aliphatic carboxylic acids is 1. The summed E-state index contributed by atoms with van der Waals surface area (Å²) in [6, 6.07) is -1.14. The third-order valence-electron chi connectivity index (χ3n) is 1.11. The Morgan fingerprint density at radius 2 is 2.18 bits per heavy atom. The van der Waals surface area contributed by atoms with Gasteiger partial charge in [0, 0.05) is 6.42 Å². The maximum absolute atomic E-state index is 10.2. The van der Waals surface area contributed by atoms with Crippen LogP contribution in [-0.4, -0.2) is 23.0 Å². The lowest BCUT2D eigenvalue weighted by Gasteiger charge is -2.01. The summed E-state index contributed by atoms with van der Waals surface area (Å²) < 4.78 is 0. The summed E-state index contributed by atoms with van der Waals surface area (Å²) in [5, 5.41) is 11.1. The summed E-state index contributed by atoms with van der Waals surface area (Å²) in [6.45, 7) is 0. The number of primary amides is 1. The second kappa shape index (κ2) is 4.37. The number of carboxylic acid groups (broad SMARTS) is 1. The summed E-state index contributed by atoms with van der Waals surface area (Å²) in [7, 11) is 0. The van der Waals surface area contributed by atoms with Gasteiger partial charge in [0.25, 0.3) is 0 Å². The van der Waals surface area contributed by atoms with Crippen LogP contribution in [0.3, 0.4) is 0 Å². The van der Waals surface area contributed by atoms with E-state index >= 15 is 0 Å². The molecule has 0 aromatic rings. The normalized spacial score (nSPS) is 12.0. The molecule has 11 heavy (non-hydrogen) atoms. The number of rotatable bonds is 5. The molecule has 0 saturated carbocycles. The predicted octanol–water partition coefficient (Wildman–Crippen LogP) is -0.264. The number of carbonyl (C=O) groups excluding carboxylic acids is 1. The van der Waals surface area contributed by atoms with Gasteiger partial charge in [-0.3, -0.25) is 4.79 Å². The van der Waals surface area contributed by atoms with E-state index in [1.807, 2.05) is 0 Å². The minimum absolute atomic E-state index is 0.00579. The van der Waals surface area contributed by atoms with E-state index in [1.54, 1.807) is 0 Å². The maximum atomic E-state index is 10.2. The zero-order valence-electron chi connectivity index (χ0n) is 5.78. The summed E-state index contributed by atoms with van der Waals surface area (Å²) >= 11 is 0. The van der Waals surface area contributed by atoms with E-state index in [4.69, 9.17) is 16.4 Å². The Hall–Kier alpha value is -1.46. The van der Waals surface area contributed by atoms with E-state index in [0.29, 0.717) is 0 Å². The van der Waals surface area contributed by atoms with Crippen LogP contribution in [0.15, 0.2) is 5.11 Å². The highest BCUT2D eigenvalue weighted by Gasteiger charge is 2.16. The van der Waals surface area contributed by atoms with E-state index < -0.39 is 17.9 Å². The van der Waals surface area contributed by atoms with Crippen molar-refractivity contribution in [2.45, 2.75) is 18.9 Å². The third kappa shape index (κ3) is 4.01. The van der Waals surface area contributed by atoms with Crippen molar-refractivity contribution in [1.82, 2.24) is 0 Å². The van der Waals surface area contributed by atoms with E-state index in [1.165, 1.54) is 0 Å². The average Bonchev–Trinajstić information content (AvgIpc) is 1.87. The highest BCUT2D eigenvalue weighted by molar-refractivity contribution is 5.77. The highest BCUT2D eigenvalue weighted by Crippen LogP contribution is 2.00. The summed E-state index contributed by atoms with van der Waals surface area (Å²) in [5.41, 5.74) is 11.2. The topological polar surface area (TPSA) is 117 Å². The first kappa shape index (κ1) is 9.54. The first-order valence-electron chi connectivity index (χ1n) is 2.95. The van der Waals surface area contributed by atoms with E-state index in [9.17, 15) is 9.59 Å². The van der Waals surface area contributed by atoms with Gasteiger partial charge in [-0.25, -0.2) is 10.3 Å². The van der Waals surface area contributed by atoms with Crippen LogP contribution in [0.25, 0.3) is 0 Å². The van der Waals surface area contributed by atoms with E-state index in [-0.39, 0.29) is 12.8 Å². The smallest absolute Gasteiger partial charge is 0.330 e. The predicted molar refractivity (Wildman–Crippen MR) is 35.0 cm³/mol. The van der Waals surface area contributed by atoms with Gasteiger partial charge in [-0.15, -0.1) is 0 Å². The van der Waals surface area contributed by atoms with Gasteiger partial charge in [0.2, 0.25) is 5.91 Å². The lowest BCUT2D eigenvalue weighted by atomic mass is 10.2. The Labute approximate surface area is 62.9 Å². The Balaban J connectivity index is 3.79. The number of amides is 1. The van der Waals surface area contributed by atoms with Crippen LogP contribution in [0, 0.1) is 5.53 Å². The molecule has 0 aliphatic heterocycles. The molecule has 1 atom stereocenters. The minimum Gasteiger partial charge on any atom is -0.480 e. The van der Waals surface area contributed by atoms with Crippen molar-refractivity contribution in [2.75, 3.05) is 0 Å². The molecule has 0 aliphatic rings. The number of nitrogens with two attached hydrogens (primary N) is 1. The molecule has 0 radical (unpaired) electrons. The largest absolute Gasteiger partial charge is 0.480 e. The number of nitrogens with zero attached hydrogens (tertiary/aromatic N) is 1. The molecule has 0 unspecified atom stereocenters. The van der Waals surface area contributed by atoms with Gasteiger partial charge in [0.1, 0.15) is 0 Å². The maximum Gasteiger partial charge on any atom is 0.330 e. The zero-order valence-corrected chi connectivity index (χ0v) is 5.78. The van der Waals surface area contributed by atoms with Gasteiger partial charge in [-0.05, 0) is 6.42 Å². The molecule has 0 fully saturated rings. The van der Waals surface area contributed by atoms with Gasteiger partial charge in [0.05, 0.1) is 0 Å². The van der Waals surface area contributed by atoms with Crippen molar-refractivity contribution in [2.24, 2.45) is 10.8 Å². The molecular formula is C5H9N3O3. The molecule has 0 aromatic heterocycles. The van der Waals surface area contributed by atoms with Crippen molar-refractivity contribution in [3.8, 4) is 0 Å². The molecule has 0 aliphatic carbocycles. The van der Waals surface area contributed by atoms with Crippen molar-refractivity contribution in [3.63, 3.8) is 0 Å². The fourth-order valence-electron chi connectivity index (χ4n) is 0.522. The van der Waals surface area contributed by atoms with Gasteiger partial charge < -0.3 is 10.8 Å². The Morgan fingerprint density at radius 1 is 1.64 bits per heavy atom. The molecule has 4 N–H and O–H groups in total. The molecule has 6 heteroatoms. The van der Waals surface area contributed by atoms with E-state index in [0.717, 1.165) is 0 Å². The fourth-order valence-corrected chi connectivity index (χ4v) is 0.522. The van der Waals surface area contributed by atoms with E-state index in [2.05, 4.69) is 5.11 Å². The van der Waals surface area contributed by atoms with Gasteiger partial charge in [-0.1, -0.05) is 0 Å². The number of hydrogen-bond donors (Lipinski definition) is 3. The second-order valence-electron chi connectivity index (χ2n) is 1.99. The molecule has 0 rings (SSSR count). The molecule has 6 nitrogen and oxygen atoms in total. The van der Waals surface area contributed by atoms with Crippen LogP contribution < -0.4 is 5.73 Å². The van der Waals surface area contributed by atoms with Gasteiger partial charge >= 0.3 is 5.97 Å². The molecular weight excluding hydrogens is 150 g/mol. The summed E-state index contributed by atoms with van der Waals surface area (Å²) in [6.07, 6.45) is -0.0620. The van der Waals surface area contributed by atoms with Crippen LogP contribution in [0.5, 0.6) is 0 Å². The Kier molecular flexibility index (Phi) is 3.79. The molecule has 62 valence electrons. The van der Waals surface area contributed by atoms with Crippen molar-refractivity contribution in [1.29, 1.82) is 5.53 Å². The lowest BCUT2D eigenvalue weighted by molar-refractivity contribution is -0.138. The first-order chi connectivity index (χ1) is 5.07. The molecule has 0 spiro atoms. The minimum atomic E-state index is -1.21. The fraction of sp³-hybridized carbons (Fsp3) is 0.600. The Morgan fingerprint density at radius 3 is 2.45 bits per heavy atom. The number of carboxylic acids is 1. The number of carbonyl (C=O) groups is 2. The molecule has 0 saturated heterocycles. The zero-order chi connectivity index (χ0) is 8.85. The standard InChI is InChI=1S/C5H9N3O3/c6-4(9)2-1-3(8-7)5(10)11/h3,7H,1-2H2,(H2,6,9)(H,10,11)/t3-/m0/s1. The first-order valence-corrected chi connectivity index (χ1v) is 2.95. The highest BCUT2D eigenvalue weighted by atomic mass is 16.4. The number of hydrogen-bond acceptors (Lipinski definition) is 4.